The topological polar surface area (TPSA) is 55.3 Å². The standard InChI is InChI=1S/C15H20ClN3O2/c1-9-13(20)7-10-8-17-15(16)18-14(10)19(9)11-3-5-12(21-2)6-4-11/h8-9,11-12H,3-7H2,1-2H3/t9-,11?,12?/m1/s1. The molecule has 1 atom stereocenters. The summed E-state index contributed by atoms with van der Waals surface area (Å²) >= 11 is 5.96. The third kappa shape index (κ3) is 2.77. The van der Waals surface area contributed by atoms with Crippen LogP contribution in [0.1, 0.15) is 38.2 Å². The largest absolute Gasteiger partial charge is 0.381 e. The van der Waals surface area contributed by atoms with E-state index in [-0.39, 0.29) is 17.1 Å². The van der Waals surface area contributed by atoms with Crippen molar-refractivity contribution in [1.82, 2.24) is 9.97 Å². The lowest BCUT2D eigenvalue weighted by molar-refractivity contribution is -0.120. The molecular weight excluding hydrogens is 290 g/mol. The first-order valence-electron chi connectivity index (χ1n) is 7.45. The van der Waals surface area contributed by atoms with Gasteiger partial charge < -0.3 is 9.64 Å². The molecule has 0 spiro atoms. The van der Waals surface area contributed by atoms with Crippen molar-refractivity contribution in [2.24, 2.45) is 0 Å². The summed E-state index contributed by atoms with van der Waals surface area (Å²) in [5, 5.41) is 0.242. The highest BCUT2D eigenvalue weighted by molar-refractivity contribution is 6.28. The summed E-state index contributed by atoms with van der Waals surface area (Å²) in [6, 6.07) is 0.174. The Bertz CT molecular complexity index is 544. The van der Waals surface area contributed by atoms with Gasteiger partial charge in [-0.3, -0.25) is 4.79 Å². The first-order chi connectivity index (χ1) is 10.1. The van der Waals surface area contributed by atoms with Gasteiger partial charge in [-0.25, -0.2) is 9.97 Å². The Labute approximate surface area is 129 Å². The lowest BCUT2D eigenvalue weighted by Gasteiger charge is -2.43. The van der Waals surface area contributed by atoms with Crippen molar-refractivity contribution in [1.29, 1.82) is 0 Å². The van der Waals surface area contributed by atoms with Crippen molar-refractivity contribution >= 4 is 23.2 Å². The van der Waals surface area contributed by atoms with Gasteiger partial charge in [0, 0.05) is 31.3 Å². The van der Waals surface area contributed by atoms with Crippen LogP contribution in [0.2, 0.25) is 5.28 Å². The van der Waals surface area contributed by atoms with Crippen LogP contribution in [0.3, 0.4) is 0 Å². The van der Waals surface area contributed by atoms with Gasteiger partial charge >= 0.3 is 0 Å². The maximum Gasteiger partial charge on any atom is 0.224 e. The van der Waals surface area contributed by atoms with E-state index in [4.69, 9.17) is 16.3 Å². The van der Waals surface area contributed by atoms with E-state index in [1.807, 2.05) is 6.92 Å². The van der Waals surface area contributed by atoms with Gasteiger partial charge in [-0.15, -0.1) is 0 Å². The Morgan fingerprint density at radius 2 is 2.05 bits per heavy atom. The molecule has 0 unspecified atom stereocenters. The number of ketones is 1. The molecule has 2 heterocycles. The van der Waals surface area contributed by atoms with Crippen molar-refractivity contribution in [3.05, 3.63) is 17.0 Å². The van der Waals surface area contributed by atoms with Crippen LogP contribution in [-0.2, 0) is 16.0 Å². The summed E-state index contributed by atoms with van der Waals surface area (Å²) in [5.41, 5.74) is 0.886. The number of hydrogen-bond acceptors (Lipinski definition) is 5. The number of carbonyl (C=O) groups excluding carboxylic acids is 1. The van der Waals surface area contributed by atoms with Crippen molar-refractivity contribution in [3.63, 3.8) is 0 Å². The third-order valence-electron chi connectivity index (χ3n) is 4.68. The molecule has 0 amide bonds. The van der Waals surface area contributed by atoms with E-state index in [1.165, 1.54) is 0 Å². The number of methoxy groups -OCH3 is 1. The van der Waals surface area contributed by atoms with Crippen LogP contribution in [0.15, 0.2) is 6.20 Å². The second kappa shape index (κ2) is 5.89. The number of halogens is 1. The molecule has 1 saturated carbocycles. The molecule has 1 aromatic heterocycles. The summed E-state index contributed by atoms with van der Waals surface area (Å²) in [7, 11) is 1.76. The van der Waals surface area contributed by atoms with Gasteiger partial charge in [-0.05, 0) is 44.2 Å². The van der Waals surface area contributed by atoms with E-state index in [1.54, 1.807) is 13.3 Å². The molecule has 6 heteroatoms. The summed E-state index contributed by atoms with van der Waals surface area (Å²) in [6.45, 7) is 1.96. The smallest absolute Gasteiger partial charge is 0.224 e. The SMILES string of the molecule is COC1CCC(N2c3nc(Cl)ncc3CC(=O)[C@H]2C)CC1. The molecule has 2 aliphatic rings. The molecule has 1 fully saturated rings. The Morgan fingerprint density at radius 3 is 2.71 bits per heavy atom. The zero-order valence-corrected chi connectivity index (χ0v) is 13.1. The molecule has 0 aromatic carbocycles. The minimum Gasteiger partial charge on any atom is -0.381 e. The number of rotatable bonds is 2. The minimum absolute atomic E-state index is 0.146. The number of fused-ring (bicyclic) bond motifs is 1. The minimum atomic E-state index is -0.146. The van der Waals surface area contributed by atoms with Gasteiger partial charge in [-0.1, -0.05) is 0 Å². The second-order valence-electron chi connectivity index (χ2n) is 5.88. The molecule has 3 rings (SSSR count). The fourth-order valence-electron chi connectivity index (χ4n) is 3.45. The molecule has 114 valence electrons. The lowest BCUT2D eigenvalue weighted by atomic mass is 9.88. The van der Waals surface area contributed by atoms with E-state index < -0.39 is 0 Å². The summed E-state index contributed by atoms with van der Waals surface area (Å²) < 4.78 is 5.43. The van der Waals surface area contributed by atoms with Crippen molar-refractivity contribution in [3.8, 4) is 0 Å². The summed E-state index contributed by atoms with van der Waals surface area (Å²) in [6.07, 6.45) is 6.48. The highest BCUT2D eigenvalue weighted by Crippen LogP contribution is 2.34. The highest BCUT2D eigenvalue weighted by Gasteiger charge is 2.37. The molecule has 1 aromatic rings. The van der Waals surface area contributed by atoms with Gasteiger partial charge in [0.25, 0.3) is 0 Å². The first kappa shape index (κ1) is 14.7. The van der Waals surface area contributed by atoms with E-state index in [9.17, 15) is 4.79 Å². The average Bonchev–Trinajstić information content (AvgIpc) is 2.49. The molecule has 0 radical (unpaired) electrons. The molecular formula is C15H20ClN3O2. The van der Waals surface area contributed by atoms with Gasteiger partial charge in [-0.2, -0.15) is 0 Å². The number of carbonyl (C=O) groups is 1. The predicted molar refractivity (Wildman–Crippen MR) is 80.7 cm³/mol. The molecule has 1 aliphatic heterocycles. The van der Waals surface area contributed by atoms with E-state index >= 15 is 0 Å². The second-order valence-corrected chi connectivity index (χ2v) is 6.22. The predicted octanol–water partition coefficient (Wildman–Crippen LogP) is 2.41. The van der Waals surface area contributed by atoms with Gasteiger partial charge in [0.15, 0.2) is 5.78 Å². The van der Waals surface area contributed by atoms with Crippen LogP contribution >= 0.6 is 11.6 Å². The molecule has 0 N–H and O–H groups in total. The van der Waals surface area contributed by atoms with Crippen LogP contribution in [0, 0.1) is 0 Å². The zero-order chi connectivity index (χ0) is 15.0. The first-order valence-corrected chi connectivity index (χ1v) is 7.83. The van der Waals surface area contributed by atoms with Gasteiger partial charge in [0.05, 0.1) is 12.1 Å². The number of aromatic nitrogens is 2. The van der Waals surface area contributed by atoms with Crippen LogP contribution in [-0.4, -0.2) is 41.0 Å². The molecule has 21 heavy (non-hydrogen) atoms. The van der Waals surface area contributed by atoms with E-state index in [0.717, 1.165) is 37.1 Å². The maximum absolute atomic E-state index is 12.3. The average molecular weight is 310 g/mol. The van der Waals surface area contributed by atoms with E-state index in [2.05, 4.69) is 14.9 Å². The van der Waals surface area contributed by atoms with Crippen LogP contribution in [0.5, 0.6) is 0 Å². The zero-order valence-electron chi connectivity index (χ0n) is 12.4. The Morgan fingerprint density at radius 1 is 1.33 bits per heavy atom. The number of anilines is 1. The maximum atomic E-state index is 12.3. The third-order valence-corrected chi connectivity index (χ3v) is 4.86. The van der Waals surface area contributed by atoms with Gasteiger partial charge in [0.2, 0.25) is 5.28 Å². The summed E-state index contributed by atoms with van der Waals surface area (Å²) in [5.74, 6) is 1.06. The van der Waals surface area contributed by atoms with Crippen molar-refractivity contribution in [2.75, 3.05) is 12.0 Å². The van der Waals surface area contributed by atoms with Crippen LogP contribution in [0.4, 0.5) is 5.82 Å². The van der Waals surface area contributed by atoms with Crippen molar-refractivity contribution in [2.45, 2.75) is 57.2 Å². The van der Waals surface area contributed by atoms with Crippen molar-refractivity contribution < 1.29 is 9.53 Å². The van der Waals surface area contributed by atoms with Crippen LogP contribution < -0.4 is 4.90 Å². The van der Waals surface area contributed by atoms with E-state index in [0.29, 0.717) is 18.6 Å². The lowest BCUT2D eigenvalue weighted by Crippen LogP contribution is -2.51. The van der Waals surface area contributed by atoms with Crippen LogP contribution in [0.25, 0.3) is 0 Å². The normalized spacial score (nSPS) is 29.4. The monoisotopic (exact) mass is 309 g/mol. The Kier molecular flexibility index (Phi) is 4.13. The molecule has 5 nitrogen and oxygen atoms in total. The molecule has 1 aliphatic carbocycles. The number of Topliss-reactive ketones (excluding diaryl/α,β-unsaturated/α-hetero) is 1. The number of hydrogen-bond donors (Lipinski definition) is 0. The number of ether oxygens (including phenoxy) is 1. The fraction of sp³-hybridized carbons (Fsp3) is 0.667. The Hall–Kier alpha value is -1.20. The van der Waals surface area contributed by atoms with Gasteiger partial charge in [0.1, 0.15) is 5.82 Å². The quantitative estimate of drug-likeness (QED) is 0.785. The highest BCUT2D eigenvalue weighted by atomic mass is 35.5. The molecule has 0 saturated heterocycles. The Balaban J connectivity index is 1.90. The fourth-order valence-corrected chi connectivity index (χ4v) is 3.58. The molecule has 0 bridgehead atoms. The number of nitrogens with zero attached hydrogens (tertiary/aromatic N) is 3. The summed E-state index contributed by atoms with van der Waals surface area (Å²) in [4.78, 5) is 22.8.